The molecule has 2 N–H and O–H groups in total. The van der Waals surface area contributed by atoms with Crippen LogP contribution in [0.5, 0.6) is 11.5 Å². The largest absolute Gasteiger partial charge is 0.508 e. The third-order valence-corrected chi connectivity index (χ3v) is 2.03. The normalized spacial score (nSPS) is 27.1. The molecule has 1 saturated heterocycles. The van der Waals surface area contributed by atoms with Gasteiger partial charge in [-0.1, -0.05) is 0 Å². The highest BCUT2D eigenvalue weighted by atomic mass is 16.6. The van der Waals surface area contributed by atoms with E-state index >= 15 is 0 Å². The number of ether oxygens (including phenoxy) is 1. The van der Waals surface area contributed by atoms with E-state index in [0.717, 1.165) is 0 Å². The lowest BCUT2D eigenvalue weighted by atomic mass is 10.1. The SMILES string of the molecule is CC1OC1c1cc(O)ccc1O. The minimum Gasteiger partial charge on any atom is -0.508 e. The molecule has 2 rings (SSSR count). The maximum Gasteiger partial charge on any atom is 0.121 e. The molecular weight excluding hydrogens is 156 g/mol. The van der Waals surface area contributed by atoms with Crippen LogP contribution in [0.3, 0.4) is 0 Å². The molecule has 0 spiro atoms. The first-order valence-electron chi connectivity index (χ1n) is 3.86. The molecule has 1 aliphatic rings. The van der Waals surface area contributed by atoms with Gasteiger partial charge in [0.1, 0.15) is 17.6 Å². The van der Waals surface area contributed by atoms with Gasteiger partial charge in [-0.05, 0) is 25.1 Å². The molecule has 3 heteroatoms. The maximum absolute atomic E-state index is 9.37. The van der Waals surface area contributed by atoms with E-state index in [1.807, 2.05) is 6.92 Å². The van der Waals surface area contributed by atoms with Gasteiger partial charge in [-0.3, -0.25) is 0 Å². The molecule has 1 heterocycles. The third-order valence-electron chi connectivity index (χ3n) is 2.03. The summed E-state index contributed by atoms with van der Waals surface area (Å²) in [5.41, 5.74) is 0.669. The zero-order valence-corrected chi connectivity index (χ0v) is 6.69. The number of hydrogen-bond donors (Lipinski definition) is 2. The van der Waals surface area contributed by atoms with Crippen LogP contribution < -0.4 is 0 Å². The lowest BCUT2D eigenvalue weighted by Crippen LogP contribution is -1.84. The quantitative estimate of drug-likeness (QED) is 0.491. The fourth-order valence-electron chi connectivity index (χ4n) is 1.28. The molecule has 0 aliphatic carbocycles. The summed E-state index contributed by atoms with van der Waals surface area (Å²) in [6, 6.07) is 4.45. The predicted molar refractivity (Wildman–Crippen MR) is 43.1 cm³/mol. The number of epoxide rings is 1. The summed E-state index contributed by atoms with van der Waals surface area (Å²) in [5, 5.41) is 18.5. The van der Waals surface area contributed by atoms with Gasteiger partial charge in [0.25, 0.3) is 0 Å². The van der Waals surface area contributed by atoms with Crippen LogP contribution in [-0.4, -0.2) is 16.3 Å². The average molecular weight is 166 g/mol. The Balaban J connectivity index is 2.36. The van der Waals surface area contributed by atoms with Crippen LogP contribution in [0.4, 0.5) is 0 Å². The van der Waals surface area contributed by atoms with E-state index in [-0.39, 0.29) is 23.7 Å². The Morgan fingerprint density at radius 1 is 1.33 bits per heavy atom. The first-order valence-corrected chi connectivity index (χ1v) is 3.86. The van der Waals surface area contributed by atoms with E-state index in [0.29, 0.717) is 5.56 Å². The Morgan fingerprint density at radius 3 is 2.58 bits per heavy atom. The molecule has 1 fully saturated rings. The monoisotopic (exact) mass is 166 g/mol. The number of rotatable bonds is 1. The van der Waals surface area contributed by atoms with Crippen molar-refractivity contribution in [2.75, 3.05) is 0 Å². The zero-order chi connectivity index (χ0) is 8.72. The van der Waals surface area contributed by atoms with Crippen LogP contribution in [0, 0.1) is 0 Å². The Kier molecular flexibility index (Phi) is 1.48. The topological polar surface area (TPSA) is 53.0 Å². The summed E-state index contributed by atoms with van der Waals surface area (Å²) >= 11 is 0. The first-order chi connectivity index (χ1) is 5.68. The molecule has 1 aromatic carbocycles. The highest BCUT2D eigenvalue weighted by molar-refractivity contribution is 5.41. The number of phenols is 2. The zero-order valence-electron chi connectivity index (χ0n) is 6.69. The molecule has 2 atom stereocenters. The van der Waals surface area contributed by atoms with Gasteiger partial charge in [0, 0.05) is 5.56 Å². The molecule has 64 valence electrons. The van der Waals surface area contributed by atoms with Crippen LogP contribution in [0.15, 0.2) is 18.2 Å². The maximum atomic E-state index is 9.37. The van der Waals surface area contributed by atoms with E-state index < -0.39 is 0 Å². The second-order valence-corrected chi connectivity index (χ2v) is 3.00. The van der Waals surface area contributed by atoms with Crippen LogP contribution >= 0.6 is 0 Å². The third kappa shape index (κ3) is 1.12. The Morgan fingerprint density at radius 2 is 2.00 bits per heavy atom. The van der Waals surface area contributed by atoms with E-state index in [1.54, 1.807) is 0 Å². The minimum absolute atomic E-state index is 0.0444. The van der Waals surface area contributed by atoms with Gasteiger partial charge in [0.15, 0.2) is 0 Å². The van der Waals surface area contributed by atoms with E-state index in [4.69, 9.17) is 9.84 Å². The second-order valence-electron chi connectivity index (χ2n) is 3.00. The van der Waals surface area contributed by atoms with Gasteiger partial charge in [-0.15, -0.1) is 0 Å². The summed E-state index contributed by atoms with van der Waals surface area (Å²) in [4.78, 5) is 0. The lowest BCUT2D eigenvalue weighted by molar-refractivity contribution is 0.374. The molecule has 0 saturated carbocycles. The smallest absolute Gasteiger partial charge is 0.121 e. The summed E-state index contributed by atoms with van der Waals surface area (Å²) in [6.07, 6.45) is 0.106. The molecule has 2 unspecified atom stereocenters. The highest BCUT2D eigenvalue weighted by Crippen LogP contribution is 2.43. The highest BCUT2D eigenvalue weighted by Gasteiger charge is 2.37. The molecule has 0 aromatic heterocycles. The van der Waals surface area contributed by atoms with Gasteiger partial charge in [-0.25, -0.2) is 0 Å². The lowest BCUT2D eigenvalue weighted by Gasteiger charge is -2.00. The second kappa shape index (κ2) is 2.38. The Labute approximate surface area is 70.2 Å². The fourth-order valence-corrected chi connectivity index (χ4v) is 1.28. The van der Waals surface area contributed by atoms with E-state index in [1.165, 1.54) is 18.2 Å². The Hall–Kier alpha value is -1.22. The standard InChI is InChI=1S/C9H10O3/c1-5-9(12-5)7-4-6(10)2-3-8(7)11/h2-5,9-11H,1H3. The molecule has 1 aliphatic heterocycles. The van der Waals surface area contributed by atoms with E-state index in [2.05, 4.69) is 0 Å². The molecule has 0 radical (unpaired) electrons. The van der Waals surface area contributed by atoms with Crippen molar-refractivity contribution in [2.24, 2.45) is 0 Å². The number of hydrogen-bond acceptors (Lipinski definition) is 3. The van der Waals surface area contributed by atoms with Crippen molar-refractivity contribution < 1.29 is 14.9 Å². The first kappa shape index (κ1) is 7.43. The fraction of sp³-hybridized carbons (Fsp3) is 0.333. The van der Waals surface area contributed by atoms with Crippen molar-refractivity contribution >= 4 is 0 Å². The van der Waals surface area contributed by atoms with Crippen LogP contribution in [0.2, 0.25) is 0 Å². The van der Waals surface area contributed by atoms with Crippen molar-refractivity contribution in [1.29, 1.82) is 0 Å². The van der Waals surface area contributed by atoms with Gasteiger partial charge < -0.3 is 14.9 Å². The van der Waals surface area contributed by atoms with Gasteiger partial charge >= 0.3 is 0 Å². The summed E-state index contributed by atoms with van der Waals surface area (Å²) in [7, 11) is 0. The minimum atomic E-state index is -0.0444. The molecule has 12 heavy (non-hydrogen) atoms. The number of benzene rings is 1. The van der Waals surface area contributed by atoms with Crippen molar-refractivity contribution in [1.82, 2.24) is 0 Å². The van der Waals surface area contributed by atoms with Crippen LogP contribution in [0.25, 0.3) is 0 Å². The summed E-state index contributed by atoms with van der Waals surface area (Å²) in [5.74, 6) is 0.340. The van der Waals surface area contributed by atoms with Crippen LogP contribution in [-0.2, 0) is 4.74 Å². The molecular formula is C9H10O3. The van der Waals surface area contributed by atoms with Gasteiger partial charge in [0.05, 0.1) is 6.10 Å². The van der Waals surface area contributed by atoms with Crippen molar-refractivity contribution in [3.05, 3.63) is 23.8 Å². The predicted octanol–water partition coefficient (Wildman–Crippen LogP) is 1.56. The van der Waals surface area contributed by atoms with Crippen LogP contribution in [0.1, 0.15) is 18.6 Å². The van der Waals surface area contributed by atoms with Crippen molar-refractivity contribution in [2.45, 2.75) is 19.1 Å². The number of phenolic OH excluding ortho intramolecular Hbond substituents is 2. The average Bonchev–Trinajstić information content (AvgIpc) is 2.73. The number of aromatic hydroxyl groups is 2. The molecule has 0 bridgehead atoms. The molecule has 1 aromatic rings. The van der Waals surface area contributed by atoms with Gasteiger partial charge in [0.2, 0.25) is 0 Å². The summed E-state index contributed by atoms with van der Waals surface area (Å²) in [6.45, 7) is 1.92. The van der Waals surface area contributed by atoms with Crippen molar-refractivity contribution in [3.8, 4) is 11.5 Å². The van der Waals surface area contributed by atoms with Crippen molar-refractivity contribution in [3.63, 3.8) is 0 Å². The van der Waals surface area contributed by atoms with Gasteiger partial charge in [-0.2, -0.15) is 0 Å². The molecule has 0 amide bonds. The molecule has 3 nitrogen and oxygen atoms in total. The summed E-state index contributed by atoms with van der Waals surface area (Å²) < 4.78 is 5.17. The Bertz CT molecular complexity index is 309. The van der Waals surface area contributed by atoms with E-state index in [9.17, 15) is 5.11 Å².